The van der Waals surface area contributed by atoms with Crippen molar-refractivity contribution in [2.75, 3.05) is 19.8 Å². The van der Waals surface area contributed by atoms with Crippen LogP contribution in [0.25, 0.3) is 0 Å². The van der Waals surface area contributed by atoms with E-state index in [0.717, 1.165) is 6.92 Å². The molecule has 4 aliphatic rings. The highest BCUT2D eigenvalue weighted by Crippen LogP contribution is 2.36. The van der Waals surface area contributed by atoms with E-state index in [-0.39, 0.29) is 0 Å². The first kappa shape index (κ1) is 36.6. The molecule has 264 valence electrons. The summed E-state index contributed by atoms with van der Waals surface area (Å²) < 4.78 is 38.7. The summed E-state index contributed by atoms with van der Waals surface area (Å²) in [4.78, 5) is 37.5. The van der Waals surface area contributed by atoms with Crippen molar-refractivity contribution in [3.05, 3.63) is 0 Å². The van der Waals surface area contributed by atoms with Crippen LogP contribution in [0.5, 0.6) is 0 Å². The summed E-state index contributed by atoms with van der Waals surface area (Å²) in [7, 11) is 0. The number of hydrogen-bond acceptors (Lipinski definition) is 20. The van der Waals surface area contributed by atoms with E-state index in [1.807, 2.05) is 0 Å². The number of fused-ring (bicyclic) bond motifs is 2. The van der Waals surface area contributed by atoms with Gasteiger partial charge in [0.25, 0.3) is 5.79 Å². The Morgan fingerprint density at radius 3 is 2.26 bits per heavy atom. The quantitative estimate of drug-likeness (QED) is 0.112. The van der Waals surface area contributed by atoms with Gasteiger partial charge in [-0.05, 0) is 6.92 Å². The molecule has 4 fully saturated rings. The van der Waals surface area contributed by atoms with Gasteiger partial charge in [0.15, 0.2) is 25.0 Å². The molecule has 0 radical (unpaired) electrons. The van der Waals surface area contributed by atoms with Gasteiger partial charge in [-0.2, -0.15) is 0 Å². The molecule has 0 saturated carbocycles. The largest absolute Gasteiger partial charge is 0.458 e. The van der Waals surface area contributed by atoms with Gasteiger partial charge < -0.3 is 90.8 Å². The minimum Gasteiger partial charge on any atom is -0.458 e. The average Bonchev–Trinajstić information content (AvgIpc) is 3.05. The highest BCUT2D eigenvalue weighted by molar-refractivity contribution is 5.81. The van der Waals surface area contributed by atoms with Crippen LogP contribution in [0.15, 0.2) is 0 Å². The van der Waals surface area contributed by atoms with Crippen LogP contribution < -0.4 is 16.8 Å². The number of aliphatic hydroxyl groups is 8. The van der Waals surface area contributed by atoms with Gasteiger partial charge in [0.2, 0.25) is 5.91 Å². The Morgan fingerprint density at radius 2 is 1.65 bits per heavy atom. The van der Waals surface area contributed by atoms with E-state index in [1.54, 1.807) is 0 Å². The minimum atomic E-state index is -2.71. The molecular weight excluding hydrogens is 630 g/mol. The molecule has 0 aromatic rings. The minimum absolute atomic E-state index is 0.451. The number of ether oxygens (including phenoxy) is 7. The Labute approximate surface area is 260 Å². The molecule has 3 unspecified atom stereocenters. The van der Waals surface area contributed by atoms with Crippen molar-refractivity contribution in [2.24, 2.45) is 11.5 Å². The van der Waals surface area contributed by atoms with Gasteiger partial charge in [-0.1, -0.05) is 0 Å². The highest BCUT2D eigenvalue weighted by atomic mass is 16.8. The van der Waals surface area contributed by atoms with Crippen LogP contribution in [0.3, 0.4) is 0 Å². The summed E-state index contributed by atoms with van der Waals surface area (Å²) in [5.41, 5.74) is 12.0. The van der Waals surface area contributed by atoms with E-state index < -0.39 is 148 Å². The molecular formula is C25H41N3O18. The molecule has 46 heavy (non-hydrogen) atoms. The number of amides is 1. The number of esters is 2. The zero-order valence-corrected chi connectivity index (χ0v) is 24.5. The molecule has 0 aliphatic carbocycles. The van der Waals surface area contributed by atoms with E-state index in [1.165, 1.54) is 0 Å². The second-order valence-corrected chi connectivity index (χ2v) is 11.4. The SMILES string of the molecule is CC(O)C(=O)O[C@@]1(CO)O[C@H](OC2[C@@H](CO)O[C@H]3OC4[C@@H](CO)O[C@@H](O)[C@H](N)[C@H]4OC(=O)CCC(=O)N[C@@H]3[C@H]2O)[C@H](N)[C@@H](O)[C@@H]1O. The Hall–Kier alpha value is -2.19. The van der Waals surface area contributed by atoms with Crippen molar-refractivity contribution in [3.8, 4) is 0 Å². The maximum absolute atomic E-state index is 12.8. The van der Waals surface area contributed by atoms with E-state index in [4.69, 9.17) is 44.6 Å². The molecule has 4 aliphatic heterocycles. The number of carbonyl (C=O) groups excluding carboxylic acids is 3. The summed E-state index contributed by atoms with van der Waals surface area (Å²) >= 11 is 0. The van der Waals surface area contributed by atoms with Crippen molar-refractivity contribution in [3.63, 3.8) is 0 Å². The topological polar surface area (TPSA) is 342 Å². The Morgan fingerprint density at radius 1 is 0.978 bits per heavy atom. The van der Waals surface area contributed by atoms with Crippen molar-refractivity contribution in [1.29, 1.82) is 0 Å². The fraction of sp³-hybridized carbons (Fsp3) is 0.880. The monoisotopic (exact) mass is 671 g/mol. The third-order valence-electron chi connectivity index (χ3n) is 8.11. The summed E-state index contributed by atoms with van der Waals surface area (Å²) in [6.45, 7) is -1.89. The molecule has 16 atom stereocenters. The van der Waals surface area contributed by atoms with Crippen LogP contribution >= 0.6 is 0 Å². The first-order chi connectivity index (χ1) is 21.7. The molecule has 0 bridgehead atoms. The highest BCUT2D eigenvalue weighted by Gasteiger charge is 2.59. The van der Waals surface area contributed by atoms with Gasteiger partial charge in [0.1, 0.15) is 61.5 Å². The van der Waals surface area contributed by atoms with Gasteiger partial charge in [-0.25, -0.2) is 4.79 Å². The van der Waals surface area contributed by atoms with Gasteiger partial charge in [-0.15, -0.1) is 0 Å². The molecule has 21 heteroatoms. The Kier molecular flexibility index (Phi) is 11.9. The van der Waals surface area contributed by atoms with Crippen LogP contribution in [-0.2, 0) is 47.5 Å². The third kappa shape index (κ3) is 7.28. The summed E-state index contributed by atoms with van der Waals surface area (Å²) in [6, 6.07) is -4.56. The van der Waals surface area contributed by atoms with Gasteiger partial charge in [0.05, 0.1) is 31.7 Å². The van der Waals surface area contributed by atoms with Crippen LogP contribution in [0.4, 0.5) is 0 Å². The average molecular weight is 672 g/mol. The number of nitrogens with two attached hydrogens (primary N) is 2. The molecule has 0 spiro atoms. The zero-order chi connectivity index (χ0) is 34.1. The van der Waals surface area contributed by atoms with E-state index in [2.05, 4.69) is 5.32 Å². The normalized spacial score (nSPS) is 46.1. The lowest BCUT2D eigenvalue weighted by Gasteiger charge is -2.51. The molecule has 4 heterocycles. The molecule has 0 aromatic heterocycles. The van der Waals surface area contributed by atoms with Crippen molar-refractivity contribution in [1.82, 2.24) is 5.32 Å². The predicted octanol–water partition coefficient (Wildman–Crippen LogP) is -7.92. The molecule has 4 rings (SSSR count). The molecule has 21 nitrogen and oxygen atoms in total. The van der Waals surface area contributed by atoms with E-state index >= 15 is 0 Å². The van der Waals surface area contributed by atoms with Crippen molar-refractivity contribution < 1.29 is 88.4 Å². The zero-order valence-electron chi connectivity index (χ0n) is 24.5. The van der Waals surface area contributed by atoms with Crippen LogP contribution in [0, 0.1) is 0 Å². The molecule has 4 saturated heterocycles. The summed E-state index contributed by atoms with van der Waals surface area (Å²) in [5.74, 6) is -5.76. The van der Waals surface area contributed by atoms with Crippen LogP contribution in [0.2, 0.25) is 0 Å². The van der Waals surface area contributed by atoms with Gasteiger partial charge >= 0.3 is 11.9 Å². The van der Waals surface area contributed by atoms with Crippen molar-refractivity contribution in [2.45, 2.75) is 117 Å². The van der Waals surface area contributed by atoms with Crippen LogP contribution in [0.1, 0.15) is 19.8 Å². The van der Waals surface area contributed by atoms with Crippen molar-refractivity contribution >= 4 is 17.8 Å². The van der Waals surface area contributed by atoms with E-state index in [0.29, 0.717) is 0 Å². The first-order valence-corrected chi connectivity index (χ1v) is 14.4. The first-order valence-electron chi connectivity index (χ1n) is 14.4. The lowest BCUT2D eigenvalue weighted by atomic mass is 9.93. The lowest BCUT2D eigenvalue weighted by Crippen LogP contribution is -2.72. The number of rotatable bonds is 7. The number of carbonyl (C=O) groups is 3. The molecule has 0 aromatic carbocycles. The predicted molar refractivity (Wildman–Crippen MR) is 141 cm³/mol. The maximum atomic E-state index is 12.8. The smallest absolute Gasteiger partial charge is 0.337 e. The molecule has 1 amide bonds. The van der Waals surface area contributed by atoms with Gasteiger partial charge in [-0.3, -0.25) is 9.59 Å². The second-order valence-electron chi connectivity index (χ2n) is 11.4. The van der Waals surface area contributed by atoms with Crippen LogP contribution in [-0.4, -0.2) is 176 Å². The van der Waals surface area contributed by atoms with E-state index in [9.17, 15) is 55.2 Å². The lowest BCUT2D eigenvalue weighted by molar-refractivity contribution is -0.400. The third-order valence-corrected chi connectivity index (χ3v) is 8.11. The standard InChI is InChI=1S/C25H41N3O18/c1-7(32)21(38)45-25(6-31)20(37)15(35)12(26)23(46-25)43-17-8(4-29)41-24-14(16(17)36)28-10(33)2-3-11(34)42-19-13(27)22(39)40-9(5-30)18(19)44-24/h7-9,12-20,22-24,29-32,35-37,39H,2-6,26-27H2,1H3,(H,28,33)/t7?,8-,9-,12-,13-,14-,15-,16-,17?,18?,19-,20+,22-,23+,24+,25+/m1/s1. The fourth-order valence-electron chi connectivity index (χ4n) is 5.49. The molecule has 13 N–H and O–H groups in total. The summed E-state index contributed by atoms with van der Waals surface area (Å²) in [6.07, 6.45) is -21.3. The Bertz CT molecular complexity index is 1090. The number of nitrogens with one attached hydrogen (secondary N) is 1. The fourth-order valence-corrected chi connectivity index (χ4v) is 5.49. The summed E-state index contributed by atoms with van der Waals surface area (Å²) in [5, 5.41) is 85.1. The number of aliphatic hydroxyl groups excluding tert-OH is 8. The number of hydrogen-bond donors (Lipinski definition) is 11. The Balaban J connectivity index is 1.64. The maximum Gasteiger partial charge on any atom is 0.337 e. The van der Waals surface area contributed by atoms with Gasteiger partial charge in [0, 0.05) is 6.42 Å². The second kappa shape index (κ2) is 14.9.